The summed E-state index contributed by atoms with van der Waals surface area (Å²) in [5.74, 6) is 0. The van der Waals surface area contributed by atoms with Gasteiger partial charge in [-0.25, -0.2) is 0 Å². The van der Waals surface area contributed by atoms with Gasteiger partial charge in [0, 0.05) is 0 Å². The summed E-state index contributed by atoms with van der Waals surface area (Å²) in [6, 6.07) is 0.0320. The minimum absolute atomic E-state index is 0.0320. The molecule has 0 aromatic rings. The lowest BCUT2D eigenvalue weighted by Crippen LogP contribution is -2.38. The summed E-state index contributed by atoms with van der Waals surface area (Å²) in [4.78, 5) is 0.241. The molecule has 0 bridgehead atoms. The summed E-state index contributed by atoms with van der Waals surface area (Å²) in [6.45, 7) is 8.33. The van der Waals surface area contributed by atoms with E-state index in [9.17, 15) is 5.21 Å². The monoisotopic (exact) mass is 218 g/mol. The van der Waals surface area contributed by atoms with Gasteiger partial charge in [0.1, 0.15) is 0 Å². The number of nitrogens with one attached hydrogen (secondary N) is 1. The highest BCUT2D eigenvalue weighted by Crippen LogP contribution is 2.00. The van der Waals surface area contributed by atoms with E-state index in [0.29, 0.717) is 6.54 Å². The highest BCUT2D eigenvalue weighted by molar-refractivity contribution is 4.54. The Hall–Kier alpha value is -1.04. The Kier molecular flexibility index (Phi) is 7.71. The van der Waals surface area contributed by atoms with E-state index in [-0.39, 0.29) is 11.0 Å². The summed E-state index contributed by atoms with van der Waals surface area (Å²) < 4.78 is 0. The second-order valence-corrected chi connectivity index (χ2v) is 3.70. The minimum Gasteiger partial charge on any atom is -0.569 e. The molecule has 0 aromatic heterocycles. The molecule has 0 atom stereocenters. The molecule has 0 aliphatic carbocycles. The zero-order valence-electron chi connectivity index (χ0n) is 9.81. The van der Waals surface area contributed by atoms with Crippen LogP contribution in [0.25, 0.3) is 0 Å². The van der Waals surface area contributed by atoms with E-state index in [0.717, 1.165) is 25.9 Å². The third-order valence-corrected chi connectivity index (χ3v) is 2.06. The topological polar surface area (TPSA) is 73.9 Å². The maximum atomic E-state index is 11.1. The van der Waals surface area contributed by atoms with Crippen LogP contribution in [-0.2, 0) is 0 Å². The molecule has 0 rings (SSSR count). The third kappa shape index (κ3) is 6.11. The summed E-state index contributed by atoms with van der Waals surface area (Å²) >= 11 is 0. The number of hydrogen-bond acceptors (Lipinski definition) is 3. The maximum Gasteiger partial charge on any atom is 0.230 e. The molecule has 0 amide bonds. The Bertz CT molecular complexity index is 185. The first kappa shape index (κ1) is 14.0. The van der Waals surface area contributed by atoms with Gasteiger partial charge in [-0.1, -0.05) is 6.92 Å². The largest absolute Gasteiger partial charge is 0.569 e. The molecular weight excluding hydrogens is 196 g/mol. The highest BCUT2D eigenvalue weighted by atomic mass is 16.6. The van der Waals surface area contributed by atoms with Gasteiger partial charge in [-0.3, -0.25) is 0 Å². The van der Waals surface area contributed by atoms with Crippen LogP contribution in [0.2, 0.25) is 0 Å². The molecule has 6 heteroatoms. The van der Waals surface area contributed by atoms with Crippen molar-refractivity contribution in [1.29, 1.82) is 0 Å². The Labute approximate surface area is 91.1 Å². The van der Waals surface area contributed by atoms with Crippen LogP contribution in [0.3, 0.4) is 0 Å². The first-order valence-corrected chi connectivity index (χ1v) is 5.43. The van der Waals surface area contributed by atoms with Crippen LogP contribution in [-0.4, -0.2) is 40.9 Å². The molecule has 0 heterocycles. The first-order valence-electron chi connectivity index (χ1n) is 5.43. The standard InChI is InChI=1S/C9H22N4O2/c1-4-6-10-7-5-8-12(9(2)3)13(15)11-14/h9-10,14H,4-8H2,1-3H3/b13-11-. The number of rotatable bonds is 8. The molecule has 0 spiro atoms. The zero-order chi connectivity index (χ0) is 11.7. The van der Waals surface area contributed by atoms with Crippen molar-refractivity contribution in [2.45, 2.75) is 39.7 Å². The number of hydrazine groups is 1. The number of nitrogens with zero attached hydrogens (tertiary/aromatic N) is 3. The fraction of sp³-hybridized carbons (Fsp3) is 1.00. The van der Waals surface area contributed by atoms with E-state index in [4.69, 9.17) is 5.21 Å². The lowest BCUT2D eigenvalue weighted by Gasteiger charge is -2.21. The zero-order valence-corrected chi connectivity index (χ0v) is 9.81. The third-order valence-electron chi connectivity index (χ3n) is 2.06. The van der Waals surface area contributed by atoms with Crippen LogP contribution in [0.15, 0.2) is 5.28 Å². The van der Waals surface area contributed by atoms with Gasteiger partial charge in [-0.2, -0.15) is 0 Å². The lowest BCUT2D eigenvalue weighted by atomic mass is 10.3. The van der Waals surface area contributed by atoms with Crippen LogP contribution in [0.1, 0.15) is 33.6 Å². The smallest absolute Gasteiger partial charge is 0.230 e. The first-order chi connectivity index (χ1) is 7.13. The number of hydrogen-bond donors (Lipinski definition) is 2. The fourth-order valence-electron chi connectivity index (χ4n) is 1.26. The van der Waals surface area contributed by atoms with Crippen molar-refractivity contribution in [3.05, 3.63) is 5.21 Å². The Morgan fingerprint density at radius 3 is 2.60 bits per heavy atom. The van der Waals surface area contributed by atoms with Crippen molar-refractivity contribution in [3.63, 3.8) is 0 Å². The minimum atomic E-state index is 0.0320. The normalized spacial score (nSPS) is 12.1. The van der Waals surface area contributed by atoms with Crippen molar-refractivity contribution in [2.24, 2.45) is 5.28 Å². The average molecular weight is 218 g/mol. The summed E-state index contributed by atoms with van der Waals surface area (Å²) in [5.41, 5.74) is 0. The molecule has 0 fully saturated rings. The van der Waals surface area contributed by atoms with Gasteiger partial charge in [0.15, 0.2) is 0 Å². The van der Waals surface area contributed by atoms with Gasteiger partial charge >= 0.3 is 0 Å². The molecule has 0 unspecified atom stereocenters. The van der Waals surface area contributed by atoms with Crippen LogP contribution < -0.4 is 5.32 Å². The summed E-state index contributed by atoms with van der Waals surface area (Å²) in [5, 5.41) is 26.8. The van der Waals surface area contributed by atoms with Crippen LogP contribution in [0, 0.1) is 5.21 Å². The average Bonchev–Trinajstić information content (AvgIpc) is 2.22. The van der Waals surface area contributed by atoms with E-state index in [1.165, 1.54) is 5.01 Å². The van der Waals surface area contributed by atoms with Crippen molar-refractivity contribution in [2.75, 3.05) is 19.6 Å². The van der Waals surface area contributed by atoms with Crippen LogP contribution in [0.4, 0.5) is 0 Å². The van der Waals surface area contributed by atoms with Crippen molar-refractivity contribution in [1.82, 2.24) is 10.3 Å². The maximum absolute atomic E-state index is 11.1. The van der Waals surface area contributed by atoms with E-state index in [2.05, 4.69) is 17.5 Å². The van der Waals surface area contributed by atoms with E-state index in [1.54, 1.807) is 0 Å². The quantitative estimate of drug-likeness (QED) is 0.279. The second-order valence-electron chi connectivity index (χ2n) is 3.70. The molecule has 0 aliphatic heterocycles. The van der Waals surface area contributed by atoms with Gasteiger partial charge in [0.05, 0.1) is 17.6 Å². The SMILES string of the molecule is CCCNCCCN(C(C)C)/[N+]([O-])=N/O. The van der Waals surface area contributed by atoms with Gasteiger partial charge in [-0.05, 0) is 39.8 Å². The van der Waals surface area contributed by atoms with Crippen LogP contribution >= 0.6 is 0 Å². The molecule has 6 nitrogen and oxygen atoms in total. The van der Waals surface area contributed by atoms with Crippen molar-refractivity contribution < 1.29 is 10.2 Å². The van der Waals surface area contributed by atoms with Crippen molar-refractivity contribution >= 4 is 0 Å². The Balaban J connectivity index is 3.78. The van der Waals surface area contributed by atoms with Gasteiger partial charge < -0.3 is 15.7 Å². The molecular formula is C9H22N4O2. The predicted molar refractivity (Wildman–Crippen MR) is 57.5 cm³/mol. The van der Waals surface area contributed by atoms with Gasteiger partial charge in [0.25, 0.3) is 0 Å². The molecule has 2 N–H and O–H groups in total. The molecule has 0 saturated carbocycles. The molecule has 0 saturated heterocycles. The van der Waals surface area contributed by atoms with Crippen LogP contribution in [0.5, 0.6) is 0 Å². The second kappa shape index (κ2) is 8.28. The van der Waals surface area contributed by atoms with Gasteiger partial charge in [-0.15, -0.1) is 5.01 Å². The summed E-state index contributed by atoms with van der Waals surface area (Å²) in [7, 11) is 0. The van der Waals surface area contributed by atoms with E-state index < -0.39 is 0 Å². The highest BCUT2D eigenvalue weighted by Gasteiger charge is 2.16. The Morgan fingerprint density at radius 2 is 2.13 bits per heavy atom. The van der Waals surface area contributed by atoms with E-state index >= 15 is 0 Å². The van der Waals surface area contributed by atoms with E-state index in [1.807, 2.05) is 13.8 Å². The fourth-order valence-corrected chi connectivity index (χ4v) is 1.26. The lowest BCUT2D eigenvalue weighted by molar-refractivity contribution is -0.716. The molecule has 0 aromatic carbocycles. The van der Waals surface area contributed by atoms with Crippen molar-refractivity contribution in [3.8, 4) is 0 Å². The Morgan fingerprint density at radius 1 is 1.47 bits per heavy atom. The summed E-state index contributed by atoms with van der Waals surface area (Å²) in [6.07, 6.45) is 1.96. The molecule has 0 aliphatic rings. The molecule has 15 heavy (non-hydrogen) atoms. The molecule has 0 radical (unpaired) electrons. The predicted octanol–water partition coefficient (Wildman–Crippen LogP) is 1.35. The molecule has 90 valence electrons. The van der Waals surface area contributed by atoms with Gasteiger partial charge in [0.2, 0.25) is 5.28 Å².